The van der Waals surface area contributed by atoms with Crippen molar-refractivity contribution in [3.05, 3.63) is 110 Å². The highest BCUT2D eigenvalue weighted by Gasteiger charge is 2.21. The van der Waals surface area contributed by atoms with E-state index in [1.165, 1.54) is 11.6 Å². The zero-order valence-electron chi connectivity index (χ0n) is 19.4. The van der Waals surface area contributed by atoms with Gasteiger partial charge in [0, 0.05) is 36.0 Å². The smallest absolute Gasteiger partial charge is 0.332 e. The topological polar surface area (TPSA) is 75.5 Å². The van der Waals surface area contributed by atoms with Crippen molar-refractivity contribution in [2.45, 2.75) is 0 Å². The normalized spacial score (nSPS) is 11.4. The Kier molecular flexibility index (Phi) is 5.15. The maximum absolute atomic E-state index is 13.1. The van der Waals surface area contributed by atoms with Crippen molar-refractivity contribution < 1.29 is 4.74 Å². The number of hydrogen-bond donors (Lipinski definition) is 0. The fraction of sp³-hybridized carbons (Fsp3) is 0.0741. The van der Waals surface area contributed by atoms with Crippen molar-refractivity contribution in [3.8, 4) is 28.4 Å². The summed E-state index contributed by atoms with van der Waals surface area (Å²) in [7, 11) is 3.09. The number of halogens is 1. The van der Waals surface area contributed by atoms with Crippen LogP contribution < -0.4 is 16.0 Å². The van der Waals surface area contributed by atoms with Crippen LogP contribution in [0.15, 0.2) is 99.1 Å². The second-order valence-electron chi connectivity index (χ2n) is 8.43. The monoisotopic (exact) mass is 541 g/mol. The summed E-state index contributed by atoms with van der Waals surface area (Å²) in [5, 5.41) is 0. The molecule has 3 aromatic heterocycles. The van der Waals surface area contributed by atoms with Crippen molar-refractivity contribution in [1.82, 2.24) is 23.1 Å². The molecule has 0 saturated carbocycles. The lowest BCUT2D eigenvalue weighted by molar-refractivity contribution is 0.482. The Balaban J connectivity index is 1.59. The van der Waals surface area contributed by atoms with E-state index in [0.29, 0.717) is 22.7 Å². The molecule has 0 bridgehead atoms. The predicted octanol–water partition coefficient (Wildman–Crippen LogP) is 4.90. The summed E-state index contributed by atoms with van der Waals surface area (Å²) in [5.74, 6) is 1.97. The van der Waals surface area contributed by atoms with E-state index in [2.05, 4.69) is 15.9 Å². The third-order valence-electron chi connectivity index (χ3n) is 6.18. The van der Waals surface area contributed by atoms with E-state index in [9.17, 15) is 9.59 Å². The Morgan fingerprint density at radius 1 is 0.806 bits per heavy atom. The van der Waals surface area contributed by atoms with Crippen LogP contribution in [0.5, 0.6) is 11.5 Å². The van der Waals surface area contributed by atoms with Gasteiger partial charge in [-0.3, -0.25) is 22.9 Å². The number of hydrogen-bond acceptors (Lipinski definition) is 4. The van der Waals surface area contributed by atoms with Crippen LogP contribution in [0.25, 0.3) is 33.9 Å². The number of ether oxygens (including phenoxy) is 1. The van der Waals surface area contributed by atoms with Gasteiger partial charge in [0.15, 0.2) is 11.2 Å². The summed E-state index contributed by atoms with van der Waals surface area (Å²) < 4.78 is 13.1. The molecule has 0 amide bonds. The number of benzene rings is 3. The molecule has 0 unspecified atom stereocenters. The molecule has 0 spiro atoms. The summed E-state index contributed by atoms with van der Waals surface area (Å²) in [6, 6.07) is 25.2. The summed E-state index contributed by atoms with van der Waals surface area (Å²) in [4.78, 5) is 30.3. The molecule has 0 aliphatic carbocycles. The number of imidazole rings is 2. The first-order valence-electron chi connectivity index (χ1n) is 11.2. The highest BCUT2D eigenvalue weighted by molar-refractivity contribution is 9.10. The molecular formula is C27H20BrN5O3. The average Bonchev–Trinajstić information content (AvgIpc) is 3.44. The van der Waals surface area contributed by atoms with Gasteiger partial charge in [0.1, 0.15) is 11.5 Å². The zero-order chi connectivity index (χ0) is 25.0. The molecule has 6 rings (SSSR count). The van der Waals surface area contributed by atoms with Gasteiger partial charge in [-0.05, 0) is 48.5 Å². The molecule has 9 heteroatoms. The zero-order valence-corrected chi connectivity index (χ0v) is 21.0. The van der Waals surface area contributed by atoms with E-state index in [4.69, 9.17) is 9.72 Å². The Labute approximate surface area is 213 Å². The van der Waals surface area contributed by atoms with E-state index < -0.39 is 11.2 Å². The van der Waals surface area contributed by atoms with Crippen LogP contribution in [0.3, 0.4) is 0 Å². The molecule has 6 aromatic rings. The molecule has 0 atom stereocenters. The van der Waals surface area contributed by atoms with Crippen molar-refractivity contribution in [3.63, 3.8) is 0 Å². The quantitative estimate of drug-likeness (QED) is 0.318. The van der Waals surface area contributed by atoms with Gasteiger partial charge in [0.2, 0.25) is 5.78 Å². The lowest BCUT2D eigenvalue weighted by atomic mass is 10.1. The predicted molar refractivity (Wildman–Crippen MR) is 142 cm³/mol. The number of aromatic nitrogens is 5. The van der Waals surface area contributed by atoms with E-state index >= 15 is 0 Å². The van der Waals surface area contributed by atoms with Gasteiger partial charge in [-0.15, -0.1) is 0 Å². The van der Waals surface area contributed by atoms with Gasteiger partial charge in [-0.25, -0.2) is 4.79 Å². The Bertz CT molecular complexity index is 1860. The summed E-state index contributed by atoms with van der Waals surface area (Å²) in [5.41, 5.74) is 2.49. The molecule has 0 radical (unpaired) electrons. The molecule has 0 aliphatic rings. The fourth-order valence-corrected chi connectivity index (χ4v) is 4.60. The Morgan fingerprint density at radius 2 is 1.47 bits per heavy atom. The first-order valence-corrected chi connectivity index (χ1v) is 12.0. The molecule has 0 aliphatic heterocycles. The molecule has 0 saturated heterocycles. The minimum Gasteiger partial charge on any atom is -0.457 e. The van der Waals surface area contributed by atoms with Crippen LogP contribution in [0, 0.1) is 0 Å². The van der Waals surface area contributed by atoms with Crippen LogP contribution >= 0.6 is 15.9 Å². The third-order valence-corrected chi connectivity index (χ3v) is 6.71. The maximum atomic E-state index is 13.1. The van der Waals surface area contributed by atoms with Crippen LogP contribution in [-0.2, 0) is 14.1 Å². The molecular weight excluding hydrogens is 522 g/mol. The molecule has 0 N–H and O–H groups in total. The number of aryl methyl sites for hydroxylation is 1. The van der Waals surface area contributed by atoms with Gasteiger partial charge in [-0.2, -0.15) is 4.98 Å². The lowest BCUT2D eigenvalue weighted by Gasteiger charge is -2.11. The highest BCUT2D eigenvalue weighted by Crippen LogP contribution is 2.31. The van der Waals surface area contributed by atoms with Crippen LogP contribution in [-0.4, -0.2) is 23.1 Å². The molecule has 178 valence electrons. The van der Waals surface area contributed by atoms with Gasteiger partial charge in [0.05, 0.1) is 5.69 Å². The van der Waals surface area contributed by atoms with E-state index in [1.807, 2.05) is 89.6 Å². The minimum atomic E-state index is -0.421. The van der Waals surface area contributed by atoms with Gasteiger partial charge in [-0.1, -0.05) is 46.3 Å². The van der Waals surface area contributed by atoms with Crippen LogP contribution in [0.1, 0.15) is 0 Å². The second-order valence-corrected chi connectivity index (χ2v) is 9.34. The number of para-hydroxylation sites is 1. The van der Waals surface area contributed by atoms with Gasteiger partial charge >= 0.3 is 5.69 Å². The van der Waals surface area contributed by atoms with Gasteiger partial charge in [0.25, 0.3) is 5.56 Å². The molecule has 0 fully saturated rings. The first-order chi connectivity index (χ1) is 17.4. The number of rotatable bonds is 4. The molecule has 3 aromatic carbocycles. The summed E-state index contributed by atoms with van der Waals surface area (Å²) in [6.07, 6.45) is 1.88. The fourth-order valence-electron chi connectivity index (χ4n) is 4.34. The molecule has 8 nitrogen and oxygen atoms in total. The minimum absolute atomic E-state index is 0.332. The van der Waals surface area contributed by atoms with Crippen molar-refractivity contribution in [1.29, 1.82) is 0 Å². The molecule has 3 heterocycles. The van der Waals surface area contributed by atoms with Crippen LogP contribution in [0.2, 0.25) is 0 Å². The third kappa shape index (κ3) is 3.47. The van der Waals surface area contributed by atoms with Crippen LogP contribution in [0.4, 0.5) is 0 Å². The van der Waals surface area contributed by atoms with E-state index in [0.717, 1.165) is 31.7 Å². The Morgan fingerprint density at radius 3 is 2.17 bits per heavy atom. The maximum Gasteiger partial charge on any atom is 0.332 e. The lowest BCUT2D eigenvalue weighted by Crippen LogP contribution is -2.37. The van der Waals surface area contributed by atoms with Crippen molar-refractivity contribution in [2.75, 3.05) is 0 Å². The van der Waals surface area contributed by atoms with E-state index in [1.54, 1.807) is 11.4 Å². The Hall–Kier alpha value is -4.37. The second kappa shape index (κ2) is 8.39. The van der Waals surface area contributed by atoms with Crippen molar-refractivity contribution >= 4 is 32.9 Å². The number of fused-ring (bicyclic) bond motifs is 3. The van der Waals surface area contributed by atoms with Gasteiger partial charge < -0.3 is 4.74 Å². The largest absolute Gasteiger partial charge is 0.457 e. The standard InChI is InChI=1S/C27H20BrN5O3/c1-30-24-23(25(34)31(2)27(30)35)32-16-22(17-8-10-18(28)11-9-17)33(26(32)29-24)19-12-14-21(15-13-19)36-20-6-4-3-5-7-20/h3-16H,1-2H3. The van der Waals surface area contributed by atoms with E-state index in [-0.39, 0.29) is 0 Å². The SMILES string of the molecule is Cn1c(=O)c2c(nc3n(-c4ccc(Oc5ccccc5)cc4)c(-c4ccc(Br)cc4)cn23)n(C)c1=O. The highest BCUT2D eigenvalue weighted by atomic mass is 79.9. The average molecular weight is 542 g/mol. The number of nitrogens with zero attached hydrogens (tertiary/aromatic N) is 5. The van der Waals surface area contributed by atoms with Crippen molar-refractivity contribution in [2.24, 2.45) is 14.1 Å². The first kappa shape index (κ1) is 22.1. The summed E-state index contributed by atoms with van der Waals surface area (Å²) in [6.45, 7) is 0. The molecule has 36 heavy (non-hydrogen) atoms. The summed E-state index contributed by atoms with van der Waals surface area (Å²) >= 11 is 3.49.